The molecule has 0 saturated heterocycles. The largest absolute Gasteiger partial charge is 0.507 e. The van der Waals surface area contributed by atoms with Gasteiger partial charge in [0.25, 0.3) is 0 Å². The fourth-order valence-corrected chi connectivity index (χ4v) is 3.07. The van der Waals surface area contributed by atoms with Crippen LogP contribution in [0, 0.1) is 5.82 Å². The van der Waals surface area contributed by atoms with Crippen LogP contribution in [0.2, 0.25) is 5.02 Å². The van der Waals surface area contributed by atoms with Crippen molar-refractivity contribution in [2.75, 3.05) is 0 Å². The highest BCUT2D eigenvalue weighted by atomic mass is 79.9. The standard InChI is InChI=1S/C16H9BrClFO/c17-12-8-9-4-1-2-5-10(9)16(20)14(12)11-6-3-7-13(18)15(11)19/h1-8,20H. The van der Waals surface area contributed by atoms with Crippen molar-refractivity contribution in [1.82, 2.24) is 0 Å². The van der Waals surface area contributed by atoms with E-state index in [-0.39, 0.29) is 16.3 Å². The summed E-state index contributed by atoms with van der Waals surface area (Å²) in [6.07, 6.45) is 0. The lowest BCUT2D eigenvalue weighted by Crippen LogP contribution is -1.89. The summed E-state index contributed by atoms with van der Waals surface area (Å²) in [5.41, 5.74) is 0.677. The second kappa shape index (κ2) is 5.08. The quantitative estimate of drug-likeness (QED) is 0.590. The minimum atomic E-state index is -0.541. The molecule has 3 rings (SSSR count). The molecule has 20 heavy (non-hydrogen) atoms. The van der Waals surface area contributed by atoms with Crippen molar-refractivity contribution in [1.29, 1.82) is 0 Å². The zero-order valence-electron chi connectivity index (χ0n) is 10.2. The second-order valence-corrected chi connectivity index (χ2v) is 5.67. The Morgan fingerprint density at radius 3 is 2.60 bits per heavy atom. The first kappa shape index (κ1) is 13.4. The fourth-order valence-electron chi connectivity index (χ4n) is 2.25. The predicted molar refractivity (Wildman–Crippen MR) is 83.7 cm³/mol. The van der Waals surface area contributed by atoms with Crippen LogP contribution in [0.4, 0.5) is 4.39 Å². The van der Waals surface area contributed by atoms with Crippen LogP contribution >= 0.6 is 27.5 Å². The van der Waals surface area contributed by atoms with Crippen LogP contribution < -0.4 is 0 Å². The highest BCUT2D eigenvalue weighted by molar-refractivity contribution is 9.10. The third-order valence-corrected chi connectivity index (χ3v) is 4.11. The van der Waals surface area contributed by atoms with Gasteiger partial charge in [-0.1, -0.05) is 48.0 Å². The monoisotopic (exact) mass is 350 g/mol. The molecule has 0 fully saturated rings. The van der Waals surface area contributed by atoms with Gasteiger partial charge in [0.05, 0.1) is 5.02 Å². The lowest BCUT2D eigenvalue weighted by molar-refractivity contribution is 0.482. The lowest BCUT2D eigenvalue weighted by atomic mass is 9.99. The Balaban J connectivity index is 2.39. The Bertz CT molecular complexity index is 817. The SMILES string of the molecule is Oc1c(-c2cccc(Cl)c2F)c(Br)cc2ccccc12. The molecule has 0 spiro atoms. The molecule has 3 aromatic carbocycles. The van der Waals surface area contributed by atoms with Gasteiger partial charge in [-0.15, -0.1) is 0 Å². The van der Waals surface area contributed by atoms with E-state index in [1.807, 2.05) is 24.3 Å². The highest BCUT2D eigenvalue weighted by Crippen LogP contribution is 2.43. The summed E-state index contributed by atoms with van der Waals surface area (Å²) in [7, 11) is 0. The van der Waals surface area contributed by atoms with Gasteiger partial charge in [-0.3, -0.25) is 0 Å². The maximum atomic E-state index is 14.2. The maximum Gasteiger partial charge on any atom is 0.149 e. The van der Waals surface area contributed by atoms with Crippen LogP contribution in [-0.2, 0) is 0 Å². The molecule has 0 aliphatic carbocycles. The number of phenols is 1. The summed E-state index contributed by atoms with van der Waals surface area (Å²) in [6.45, 7) is 0. The predicted octanol–water partition coefficient (Wildman–Crippen LogP) is 5.77. The Kier molecular flexibility index (Phi) is 3.40. The third-order valence-electron chi connectivity index (χ3n) is 3.19. The van der Waals surface area contributed by atoms with Crippen molar-refractivity contribution in [3.63, 3.8) is 0 Å². The van der Waals surface area contributed by atoms with Crippen molar-refractivity contribution in [3.05, 3.63) is 63.8 Å². The first-order chi connectivity index (χ1) is 9.59. The number of hydrogen-bond acceptors (Lipinski definition) is 1. The third kappa shape index (κ3) is 2.07. The van der Waals surface area contributed by atoms with Gasteiger partial charge in [-0.25, -0.2) is 4.39 Å². The fraction of sp³-hybridized carbons (Fsp3) is 0. The van der Waals surface area contributed by atoms with Crippen LogP contribution in [-0.4, -0.2) is 5.11 Å². The van der Waals surface area contributed by atoms with Crippen molar-refractivity contribution in [2.45, 2.75) is 0 Å². The van der Waals surface area contributed by atoms with E-state index in [4.69, 9.17) is 11.6 Å². The Labute approximate surface area is 128 Å². The minimum Gasteiger partial charge on any atom is -0.507 e. The van der Waals surface area contributed by atoms with Gasteiger partial charge in [0.1, 0.15) is 11.6 Å². The van der Waals surface area contributed by atoms with E-state index < -0.39 is 5.82 Å². The molecule has 1 nitrogen and oxygen atoms in total. The molecule has 0 saturated carbocycles. The molecule has 3 aromatic rings. The summed E-state index contributed by atoms with van der Waals surface area (Å²) in [5, 5.41) is 12.0. The summed E-state index contributed by atoms with van der Waals surface area (Å²) in [5.74, 6) is -0.503. The zero-order valence-corrected chi connectivity index (χ0v) is 12.5. The molecule has 100 valence electrons. The van der Waals surface area contributed by atoms with E-state index >= 15 is 0 Å². The minimum absolute atomic E-state index is 0.0296. The molecule has 0 radical (unpaired) electrons. The van der Waals surface area contributed by atoms with E-state index in [9.17, 15) is 9.50 Å². The average molecular weight is 352 g/mol. The number of phenolic OH excluding ortho intramolecular Hbond substituents is 1. The Morgan fingerprint density at radius 1 is 1.05 bits per heavy atom. The Hall–Kier alpha value is -1.58. The number of fused-ring (bicyclic) bond motifs is 1. The normalized spacial score (nSPS) is 10.9. The van der Waals surface area contributed by atoms with Gasteiger partial charge in [-0.2, -0.15) is 0 Å². The average Bonchev–Trinajstić information content (AvgIpc) is 2.43. The number of benzene rings is 3. The zero-order chi connectivity index (χ0) is 14.3. The molecular formula is C16H9BrClFO. The van der Waals surface area contributed by atoms with E-state index in [0.717, 1.165) is 5.39 Å². The Morgan fingerprint density at radius 2 is 1.80 bits per heavy atom. The van der Waals surface area contributed by atoms with E-state index in [0.29, 0.717) is 15.4 Å². The molecule has 0 aliphatic rings. The van der Waals surface area contributed by atoms with Gasteiger partial charge in [-0.05, 0) is 33.4 Å². The van der Waals surface area contributed by atoms with E-state index in [1.165, 1.54) is 6.07 Å². The topological polar surface area (TPSA) is 20.2 Å². The molecular weight excluding hydrogens is 343 g/mol. The molecule has 4 heteroatoms. The molecule has 0 atom stereocenters. The smallest absolute Gasteiger partial charge is 0.149 e. The molecule has 1 N–H and O–H groups in total. The molecule has 0 heterocycles. The van der Waals surface area contributed by atoms with Crippen LogP contribution in [0.15, 0.2) is 53.0 Å². The first-order valence-corrected chi connectivity index (χ1v) is 7.11. The van der Waals surface area contributed by atoms with E-state index in [2.05, 4.69) is 15.9 Å². The maximum absolute atomic E-state index is 14.2. The first-order valence-electron chi connectivity index (χ1n) is 5.94. The molecule has 0 unspecified atom stereocenters. The van der Waals surface area contributed by atoms with Crippen LogP contribution in [0.25, 0.3) is 21.9 Å². The number of halogens is 3. The van der Waals surface area contributed by atoms with Gasteiger partial charge >= 0.3 is 0 Å². The summed E-state index contributed by atoms with van der Waals surface area (Å²) in [6, 6.07) is 14.0. The lowest BCUT2D eigenvalue weighted by Gasteiger charge is -2.12. The summed E-state index contributed by atoms with van der Waals surface area (Å²) < 4.78 is 14.8. The molecule has 0 amide bonds. The van der Waals surface area contributed by atoms with Crippen LogP contribution in [0.1, 0.15) is 0 Å². The second-order valence-electron chi connectivity index (χ2n) is 4.40. The van der Waals surface area contributed by atoms with E-state index in [1.54, 1.807) is 18.2 Å². The van der Waals surface area contributed by atoms with Gasteiger partial charge < -0.3 is 5.11 Å². The van der Waals surface area contributed by atoms with Crippen LogP contribution in [0.5, 0.6) is 5.75 Å². The number of aromatic hydroxyl groups is 1. The number of rotatable bonds is 1. The highest BCUT2D eigenvalue weighted by Gasteiger charge is 2.17. The van der Waals surface area contributed by atoms with Crippen molar-refractivity contribution >= 4 is 38.3 Å². The van der Waals surface area contributed by atoms with Crippen molar-refractivity contribution < 1.29 is 9.50 Å². The van der Waals surface area contributed by atoms with Crippen LogP contribution in [0.3, 0.4) is 0 Å². The summed E-state index contributed by atoms with van der Waals surface area (Å²) in [4.78, 5) is 0. The van der Waals surface area contributed by atoms with Crippen molar-refractivity contribution in [2.24, 2.45) is 0 Å². The van der Waals surface area contributed by atoms with Gasteiger partial charge in [0.2, 0.25) is 0 Å². The number of hydrogen-bond donors (Lipinski definition) is 1. The van der Waals surface area contributed by atoms with Crippen molar-refractivity contribution in [3.8, 4) is 16.9 Å². The molecule has 0 aromatic heterocycles. The van der Waals surface area contributed by atoms with Gasteiger partial charge in [0, 0.05) is 21.0 Å². The molecule has 0 bridgehead atoms. The summed E-state index contributed by atoms with van der Waals surface area (Å²) >= 11 is 9.21. The van der Waals surface area contributed by atoms with Gasteiger partial charge in [0.15, 0.2) is 0 Å². The molecule has 0 aliphatic heterocycles.